The summed E-state index contributed by atoms with van der Waals surface area (Å²) in [6.07, 6.45) is 3.45. The van der Waals surface area contributed by atoms with Gasteiger partial charge in [-0.1, -0.05) is 0 Å². The molecule has 0 spiro atoms. The lowest BCUT2D eigenvalue weighted by atomic mass is 10.2. The largest absolute Gasteiger partial charge is 0.397 e. The normalized spacial score (nSPS) is 16.1. The van der Waals surface area contributed by atoms with Gasteiger partial charge in [0.2, 0.25) is 0 Å². The van der Waals surface area contributed by atoms with Crippen molar-refractivity contribution in [3.8, 4) is 0 Å². The number of amides is 1. The highest BCUT2D eigenvalue weighted by atomic mass is 32.1. The number of nitrogens with two attached hydrogens (primary N) is 1. The van der Waals surface area contributed by atoms with Gasteiger partial charge < -0.3 is 16.0 Å². The Morgan fingerprint density at radius 1 is 1.44 bits per heavy atom. The maximum absolute atomic E-state index is 12.4. The van der Waals surface area contributed by atoms with Gasteiger partial charge in [-0.05, 0) is 6.07 Å². The quantitative estimate of drug-likeness (QED) is 0.802. The van der Waals surface area contributed by atoms with E-state index in [2.05, 4.69) is 10.3 Å². The summed E-state index contributed by atoms with van der Waals surface area (Å²) in [7, 11) is 0. The van der Waals surface area contributed by atoms with Gasteiger partial charge in [-0.25, -0.2) is 0 Å². The number of piperazine rings is 1. The molecule has 18 heavy (non-hydrogen) atoms. The number of fused-ring (bicyclic) bond motifs is 1. The van der Waals surface area contributed by atoms with Crippen LogP contribution in [0.4, 0.5) is 5.69 Å². The first-order valence-corrected chi connectivity index (χ1v) is 6.71. The molecule has 1 aliphatic heterocycles. The average Bonchev–Trinajstić information content (AvgIpc) is 2.77. The summed E-state index contributed by atoms with van der Waals surface area (Å²) in [5, 5.41) is 4.16. The molecule has 0 radical (unpaired) electrons. The monoisotopic (exact) mass is 262 g/mol. The van der Waals surface area contributed by atoms with Crippen molar-refractivity contribution in [2.75, 3.05) is 31.9 Å². The Balaban J connectivity index is 1.98. The summed E-state index contributed by atoms with van der Waals surface area (Å²) >= 11 is 1.43. The topological polar surface area (TPSA) is 71.2 Å². The van der Waals surface area contributed by atoms with E-state index in [-0.39, 0.29) is 5.91 Å². The van der Waals surface area contributed by atoms with E-state index in [0.717, 1.165) is 36.3 Å². The third-order valence-corrected chi connectivity index (χ3v) is 4.27. The lowest BCUT2D eigenvalue weighted by Gasteiger charge is -2.27. The highest BCUT2D eigenvalue weighted by Gasteiger charge is 2.23. The summed E-state index contributed by atoms with van der Waals surface area (Å²) in [5.74, 6) is 0.0372. The van der Waals surface area contributed by atoms with E-state index < -0.39 is 0 Å². The molecular weight excluding hydrogens is 248 g/mol. The van der Waals surface area contributed by atoms with E-state index in [1.165, 1.54) is 11.3 Å². The molecule has 0 aliphatic carbocycles. The first-order chi connectivity index (χ1) is 8.77. The summed E-state index contributed by atoms with van der Waals surface area (Å²) in [6, 6.07) is 1.86. The molecule has 0 unspecified atom stereocenters. The molecule has 0 atom stereocenters. The lowest BCUT2D eigenvalue weighted by molar-refractivity contribution is 0.0742. The zero-order chi connectivity index (χ0) is 12.5. The third kappa shape index (κ3) is 1.83. The molecule has 1 saturated heterocycles. The first-order valence-electron chi connectivity index (χ1n) is 5.89. The number of nitrogen functional groups attached to an aromatic ring is 1. The van der Waals surface area contributed by atoms with Gasteiger partial charge in [0, 0.05) is 44.0 Å². The number of thiophene rings is 1. The Hall–Kier alpha value is -1.66. The minimum absolute atomic E-state index is 0.0372. The SMILES string of the molecule is Nc1c(C(=O)N2CCNCC2)sc2cnccc12. The van der Waals surface area contributed by atoms with Crippen molar-refractivity contribution < 1.29 is 4.79 Å². The van der Waals surface area contributed by atoms with Crippen LogP contribution >= 0.6 is 11.3 Å². The molecule has 6 heteroatoms. The number of anilines is 1. The van der Waals surface area contributed by atoms with Crippen molar-refractivity contribution in [3.63, 3.8) is 0 Å². The van der Waals surface area contributed by atoms with E-state index in [1.54, 1.807) is 12.4 Å². The number of pyridine rings is 1. The number of carbonyl (C=O) groups is 1. The molecular formula is C12H14N4OS. The Labute approximate surface area is 109 Å². The summed E-state index contributed by atoms with van der Waals surface area (Å²) < 4.78 is 0.966. The molecule has 1 fully saturated rings. The molecule has 3 rings (SSSR count). The summed E-state index contributed by atoms with van der Waals surface area (Å²) in [6.45, 7) is 3.17. The Bertz CT molecular complexity index is 589. The fourth-order valence-electron chi connectivity index (χ4n) is 2.14. The number of carbonyl (C=O) groups excluding carboxylic acids is 1. The van der Waals surface area contributed by atoms with Gasteiger partial charge in [-0.3, -0.25) is 9.78 Å². The van der Waals surface area contributed by atoms with Crippen LogP contribution in [0.3, 0.4) is 0 Å². The molecule has 0 bridgehead atoms. The van der Waals surface area contributed by atoms with Crippen molar-refractivity contribution >= 4 is 33.0 Å². The standard InChI is InChI=1S/C12H14N4OS/c13-10-8-1-2-15-7-9(8)18-11(10)12(17)16-5-3-14-4-6-16/h1-2,7,14H,3-6,13H2. The van der Waals surface area contributed by atoms with Gasteiger partial charge in [0.1, 0.15) is 4.88 Å². The smallest absolute Gasteiger partial charge is 0.266 e. The molecule has 3 heterocycles. The molecule has 3 N–H and O–H groups in total. The van der Waals surface area contributed by atoms with Gasteiger partial charge in [0.15, 0.2) is 0 Å². The van der Waals surface area contributed by atoms with Crippen molar-refractivity contribution in [3.05, 3.63) is 23.3 Å². The minimum Gasteiger partial charge on any atom is -0.397 e. The van der Waals surface area contributed by atoms with Gasteiger partial charge in [0.05, 0.1) is 10.4 Å². The maximum atomic E-state index is 12.4. The second-order valence-electron chi connectivity index (χ2n) is 4.26. The maximum Gasteiger partial charge on any atom is 0.266 e. The van der Waals surface area contributed by atoms with Crippen molar-refractivity contribution in [1.29, 1.82) is 0 Å². The van der Waals surface area contributed by atoms with Crippen molar-refractivity contribution in [2.24, 2.45) is 0 Å². The number of nitrogens with one attached hydrogen (secondary N) is 1. The van der Waals surface area contributed by atoms with Crippen LogP contribution < -0.4 is 11.1 Å². The fourth-order valence-corrected chi connectivity index (χ4v) is 3.20. The minimum atomic E-state index is 0.0372. The Morgan fingerprint density at radius 2 is 2.22 bits per heavy atom. The van der Waals surface area contributed by atoms with Crippen molar-refractivity contribution in [2.45, 2.75) is 0 Å². The molecule has 5 nitrogen and oxygen atoms in total. The Morgan fingerprint density at radius 3 is 2.94 bits per heavy atom. The second kappa shape index (κ2) is 4.55. The molecule has 2 aromatic rings. The van der Waals surface area contributed by atoms with Crippen LogP contribution in [0, 0.1) is 0 Å². The van der Waals surface area contributed by atoms with Crippen LogP contribution in [0.2, 0.25) is 0 Å². The average molecular weight is 262 g/mol. The molecule has 0 aromatic carbocycles. The lowest BCUT2D eigenvalue weighted by Crippen LogP contribution is -2.46. The number of hydrogen-bond acceptors (Lipinski definition) is 5. The van der Waals surface area contributed by atoms with Crippen LogP contribution in [0.1, 0.15) is 9.67 Å². The van der Waals surface area contributed by atoms with Crippen LogP contribution in [-0.2, 0) is 0 Å². The molecule has 94 valence electrons. The number of hydrogen-bond donors (Lipinski definition) is 2. The van der Waals surface area contributed by atoms with Gasteiger partial charge in [-0.2, -0.15) is 0 Å². The second-order valence-corrected chi connectivity index (χ2v) is 5.31. The number of nitrogens with zero attached hydrogens (tertiary/aromatic N) is 2. The zero-order valence-electron chi connectivity index (χ0n) is 9.85. The van der Waals surface area contributed by atoms with Gasteiger partial charge >= 0.3 is 0 Å². The highest BCUT2D eigenvalue weighted by Crippen LogP contribution is 2.33. The Kier molecular flexibility index (Phi) is 2.89. The number of aromatic nitrogens is 1. The predicted octanol–water partition coefficient (Wildman–Crippen LogP) is 0.924. The highest BCUT2D eigenvalue weighted by molar-refractivity contribution is 7.21. The molecule has 1 amide bonds. The molecule has 0 saturated carbocycles. The van der Waals surface area contributed by atoms with Crippen LogP contribution in [0.25, 0.3) is 10.1 Å². The predicted molar refractivity (Wildman–Crippen MR) is 72.8 cm³/mol. The van der Waals surface area contributed by atoms with E-state index in [9.17, 15) is 4.79 Å². The number of rotatable bonds is 1. The first kappa shape index (κ1) is 11.4. The van der Waals surface area contributed by atoms with Crippen LogP contribution in [-0.4, -0.2) is 42.0 Å². The van der Waals surface area contributed by atoms with E-state index in [0.29, 0.717) is 10.6 Å². The fraction of sp³-hybridized carbons (Fsp3) is 0.333. The molecule has 2 aromatic heterocycles. The molecule has 1 aliphatic rings. The van der Waals surface area contributed by atoms with Crippen LogP contribution in [0.5, 0.6) is 0 Å². The van der Waals surface area contributed by atoms with E-state index in [1.807, 2.05) is 11.0 Å². The van der Waals surface area contributed by atoms with Gasteiger partial charge in [-0.15, -0.1) is 11.3 Å². The van der Waals surface area contributed by atoms with Crippen LogP contribution in [0.15, 0.2) is 18.5 Å². The van der Waals surface area contributed by atoms with E-state index >= 15 is 0 Å². The van der Waals surface area contributed by atoms with E-state index in [4.69, 9.17) is 5.73 Å². The zero-order valence-corrected chi connectivity index (χ0v) is 10.7. The van der Waals surface area contributed by atoms with Crippen molar-refractivity contribution in [1.82, 2.24) is 15.2 Å². The summed E-state index contributed by atoms with van der Waals surface area (Å²) in [4.78, 5) is 18.9. The summed E-state index contributed by atoms with van der Waals surface area (Å²) in [5.41, 5.74) is 6.65. The van der Waals surface area contributed by atoms with Gasteiger partial charge in [0.25, 0.3) is 5.91 Å². The third-order valence-electron chi connectivity index (χ3n) is 3.13.